The van der Waals surface area contributed by atoms with Gasteiger partial charge in [-0.2, -0.15) is 0 Å². The number of ether oxygens (including phenoxy) is 2. The Labute approximate surface area is 115 Å². The second-order valence-electron chi connectivity index (χ2n) is 5.55. The van der Waals surface area contributed by atoms with E-state index in [2.05, 4.69) is 5.32 Å². The Morgan fingerprint density at radius 2 is 2.37 bits per heavy atom. The van der Waals surface area contributed by atoms with Gasteiger partial charge in [-0.3, -0.25) is 4.79 Å². The van der Waals surface area contributed by atoms with E-state index in [0.29, 0.717) is 19.6 Å². The Bertz CT molecular complexity index is 279. The van der Waals surface area contributed by atoms with Crippen molar-refractivity contribution in [2.45, 2.75) is 64.2 Å². The molecule has 0 saturated carbocycles. The molecule has 112 valence electrons. The highest BCUT2D eigenvalue weighted by atomic mass is 16.5. The van der Waals surface area contributed by atoms with Crippen LogP contribution in [-0.4, -0.2) is 48.6 Å². The molecule has 1 fully saturated rings. The van der Waals surface area contributed by atoms with Crippen LogP contribution in [-0.2, 0) is 14.3 Å². The van der Waals surface area contributed by atoms with Crippen LogP contribution in [0.5, 0.6) is 0 Å². The van der Waals surface area contributed by atoms with E-state index < -0.39 is 11.5 Å². The molecule has 5 heteroatoms. The third-order valence-electron chi connectivity index (χ3n) is 3.52. The van der Waals surface area contributed by atoms with Crippen LogP contribution in [0.1, 0.15) is 46.5 Å². The molecule has 5 nitrogen and oxygen atoms in total. The maximum Gasteiger partial charge on any atom is 0.323 e. The predicted molar refractivity (Wildman–Crippen MR) is 73.3 cm³/mol. The van der Waals surface area contributed by atoms with E-state index in [-0.39, 0.29) is 12.2 Å². The van der Waals surface area contributed by atoms with Crippen molar-refractivity contribution in [3.8, 4) is 0 Å². The topological polar surface area (TPSA) is 67.8 Å². The fourth-order valence-corrected chi connectivity index (χ4v) is 2.32. The number of aliphatic carboxylic acids is 1. The van der Waals surface area contributed by atoms with Gasteiger partial charge in [-0.1, -0.05) is 6.92 Å². The fourth-order valence-electron chi connectivity index (χ4n) is 2.32. The summed E-state index contributed by atoms with van der Waals surface area (Å²) in [5.41, 5.74) is -0.925. The number of carbonyl (C=O) groups is 1. The van der Waals surface area contributed by atoms with Crippen molar-refractivity contribution >= 4 is 5.97 Å². The molecule has 0 bridgehead atoms. The zero-order valence-corrected chi connectivity index (χ0v) is 12.3. The summed E-state index contributed by atoms with van der Waals surface area (Å²) in [4.78, 5) is 11.4. The summed E-state index contributed by atoms with van der Waals surface area (Å²) in [6.45, 7) is 7.73. The molecule has 0 spiro atoms. The highest BCUT2D eigenvalue weighted by molar-refractivity contribution is 5.78. The second-order valence-corrected chi connectivity index (χ2v) is 5.55. The van der Waals surface area contributed by atoms with Crippen molar-refractivity contribution in [1.82, 2.24) is 5.32 Å². The van der Waals surface area contributed by atoms with E-state index >= 15 is 0 Å². The third-order valence-corrected chi connectivity index (χ3v) is 3.52. The minimum absolute atomic E-state index is 0.102. The first-order valence-corrected chi connectivity index (χ1v) is 7.19. The average Bonchev–Trinajstić information content (AvgIpc) is 2.87. The first-order chi connectivity index (χ1) is 8.98. The zero-order valence-electron chi connectivity index (χ0n) is 12.3. The number of carboxylic acid groups (broad SMARTS) is 1. The molecule has 1 aliphatic heterocycles. The van der Waals surface area contributed by atoms with Gasteiger partial charge >= 0.3 is 5.97 Å². The van der Waals surface area contributed by atoms with Crippen molar-refractivity contribution in [2.75, 3.05) is 19.8 Å². The monoisotopic (exact) mass is 273 g/mol. The lowest BCUT2D eigenvalue weighted by molar-refractivity contribution is -0.146. The predicted octanol–water partition coefficient (Wildman–Crippen LogP) is 1.80. The number of rotatable bonds is 9. The largest absolute Gasteiger partial charge is 0.480 e. The Kier molecular flexibility index (Phi) is 6.75. The lowest BCUT2D eigenvalue weighted by Gasteiger charge is -2.29. The fraction of sp³-hybridized carbons (Fsp3) is 0.929. The number of hydrogen-bond acceptors (Lipinski definition) is 4. The van der Waals surface area contributed by atoms with Crippen LogP contribution in [0.2, 0.25) is 0 Å². The Morgan fingerprint density at radius 1 is 1.63 bits per heavy atom. The third kappa shape index (κ3) is 5.47. The van der Waals surface area contributed by atoms with Gasteiger partial charge in [0.15, 0.2) is 0 Å². The minimum atomic E-state index is -0.925. The maximum atomic E-state index is 11.4. The molecular formula is C14H27NO4. The standard InChI is InChI=1S/C14H27NO4/c1-4-7-15-14(3,13(16)17)9-11(2)19-10-12-6-5-8-18-12/h11-12,15H,4-10H2,1-3H3,(H,16,17). The van der Waals surface area contributed by atoms with Crippen molar-refractivity contribution < 1.29 is 19.4 Å². The van der Waals surface area contributed by atoms with Gasteiger partial charge in [0.2, 0.25) is 0 Å². The molecule has 1 heterocycles. The van der Waals surface area contributed by atoms with Crippen LogP contribution in [0.3, 0.4) is 0 Å². The van der Waals surface area contributed by atoms with Crippen molar-refractivity contribution in [1.29, 1.82) is 0 Å². The van der Waals surface area contributed by atoms with Crippen LogP contribution >= 0.6 is 0 Å². The van der Waals surface area contributed by atoms with Gasteiger partial charge in [0.1, 0.15) is 5.54 Å². The zero-order chi connectivity index (χ0) is 14.3. The van der Waals surface area contributed by atoms with Crippen LogP contribution in [0.25, 0.3) is 0 Å². The molecule has 0 aromatic carbocycles. The number of carboxylic acids is 1. The minimum Gasteiger partial charge on any atom is -0.480 e. The summed E-state index contributed by atoms with van der Waals surface area (Å²) in [6.07, 6.45) is 3.57. The highest BCUT2D eigenvalue weighted by Crippen LogP contribution is 2.18. The molecular weight excluding hydrogens is 246 g/mol. The van der Waals surface area contributed by atoms with E-state index in [1.165, 1.54) is 0 Å². The first-order valence-electron chi connectivity index (χ1n) is 7.19. The van der Waals surface area contributed by atoms with Crippen LogP contribution < -0.4 is 5.32 Å². The van der Waals surface area contributed by atoms with Crippen LogP contribution in [0.4, 0.5) is 0 Å². The Hall–Kier alpha value is -0.650. The van der Waals surface area contributed by atoms with E-state index in [0.717, 1.165) is 25.9 Å². The molecule has 1 saturated heterocycles. The van der Waals surface area contributed by atoms with Gasteiger partial charge in [-0.05, 0) is 39.7 Å². The van der Waals surface area contributed by atoms with E-state index in [4.69, 9.17) is 9.47 Å². The molecule has 19 heavy (non-hydrogen) atoms. The molecule has 0 radical (unpaired) electrons. The van der Waals surface area contributed by atoms with Gasteiger partial charge in [0.25, 0.3) is 0 Å². The maximum absolute atomic E-state index is 11.4. The molecule has 1 aliphatic rings. The van der Waals surface area contributed by atoms with E-state index in [9.17, 15) is 9.90 Å². The summed E-state index contributed by atoms with van der Waals surface area (Å²) < 4.78 is 11.2. The summed E-state index contributed by atoms with van der Waals surface area (Å²) >= 11 is 0. The van der Waals surface area contributed by atoms with Crippen molar-refractivity contribution in [3.63, 3.8) is 0 Å². The quantitative estimate of drug-likeness (QED) is 0.670. The summed E-state index contributed by atoms with van der Waals surface area (Å²) in [7, 11) is 0. The molecule has 0 amide bonds. The number of hydrogen-bond donors (Lipinski definition) is 2. The smallest absolute Gasteiger partial charge is 0.323 e. The molecule has 0 aromatic heterocycles. The molecule has 3 atom stereocenters. The SMILES string of the molecule is CCCNC(C)(CC(C)OCC1CCCO1)C(=O)O. The normalized spacial score (nSPS) is 24.1. The summed E-state index contributed by atoms with van der Waals surface area (Å²) in [6, 6.07) is 0. The lowest BCUT2D eigenvalue weighted by Crippen LogP contribution is -2.51. The van der Waals surface area contributed by atoms with Crippen molar-refractivity contribution in [3.05, 3.63) is 0 Å². The van der Waals surface area contributed by atoms with Gasteiger partial charge in [-0.15, -0.1) is 0 Å². The molecule has 1 rings (SSSR count). The highest BCUT2D eigenvalue weighted by Gasteiger charge is 2.34. The van der Waals surface area contributed by atoms with Crippen molar-refractivity contribution in [2.24, 2.45) is 0 Å². The average molecular weight is 273 g/mol. The molecule has 3 unspecified atom stereocenters. The summed E-state index contributed by atoms with van der Waals surface area (Å²) in [5.74, 6) is -0.825. The summed E-state index contributed by atoms with van der Waals surface area (Å²) in [5, 5.41) is 12.4. The first kappa shape index (κ1) is 16.4. The Balaban J connectivity index is 2.37. The van der Waals surface area contributed by atoms with E-state index in [1.807, 2.05) is 13.8 Å². The molecule has 2 N–H and O–H groups in total. The second kappa shape index (κ2) is 7.82. The molecule has 0 aromatic rings. The van der Waals surface area contributed by atoms with Crippen LogP contribution in [0, 0.1) is 0 Å². The lowest BCUT2D eigenvalue weighted by atomic mass is 9.94. The van der Waals surface area contributed by atoms with E-state index in [1.54, 1.807) is 6.92 Å². The van der Waals surface area contributed by atoms with Gasteiger partial charge in [0.05, 0.1) is 18.8 Å². The van der Waals surface area contributed by atoms with Gasteiger partial charge < -0.3 is 19.9 Å². The molecule has 0 aliphatic carbocycles. The van der Waals surface area contributed by atoms with Gasteiger partial charge in [-0.25, -0.2) is 0 Å². The van der Waals surface area contributed by atoms with Crippen LogP contribution in [0.15, 0.2) is 0 Å². The number of nitrogens with one attached hydrogen (secondary N) is 1. The Morgan fingerprint density at radius 3 is 2.89 bits per heavy atom. The van der Waals surface area contributed by atoms with Gasteiger partial charge in [0, 0.05) is 13.0 Å².